The van der Waals surface area contributed by atoms with Crippen LogP contribution in [0.5, 0.6) is 0 Å². The SMILES string of the molecule is Cc1ccc([C@]2(c3ccccc3)NC(=O)N(CC(=O)N[C@H]3CCS(=O)(=O)C3)C2=O)cc1C. The fraction of sp³-hybridized carbons (Fsp3) is 0.348. The van der Waals surface area contributed by atoms with Gasteiger partial charge in [-0.1, -0.05) is 48.5 Å². The molecule has 0 aromatic heterocycles. The van der Waals surface area contributed by atoms with Gasteiger partial charge in [0, 0.05) is 6.04 Å². The van der Waals surface area contributed by atoms with E-state index in [1.54, 1.807) is 30.3 Å². The molecular weight excluding hydrogens is 430 g/mol. The highest BCUT2D eigenvalue weighted by Crippen LogP contribution is 2.36. The number of amides is 4. The van der Waals surface area contributed by atoms with Gasteiger partial charge in [0.1, 0.15) is 6.54 Å². The van der Waals surface area contributed by atoms with Crippen molar-refractivity contribution in [1.82, 2.24) is 15.5 Å². The van der Waals surface area contributed by atoms with Crippen LogP contribution >= 0.6 is 0 Å². The van der Waals surface area contributed by atoms with Gasteiger partial charge in [-0.3, -0.25) is 14.5 Å². The first-order valence-corrected chi connectivity index (χ1v) is 12.2. The Bertz CT molecular complexity index is 1200. The van der Waals surface area contributed by atoms with Crippen LogP contribution in [-0.2, 0) is 25.0 Å². The molecule has 0 radical (unpaired) electrons. The lowest BCUT2D eigenvalue weighted by molar-refractivity contribution is -0.134. The third kappa shape index (κ3) is 3.88. The number of aryl methyl sites for hydroxylation is 2. The summed E-state index contributed by atoms with van der Waals surface area (Å²) >= 11 is 0. The van der Waals surface area contributed by atoms with Gasteiger partial charge in [-0.2, -0.15) is 0 Å². The molecule has 2 saturated heterocycles. The Labute approximate surface area is 186 Å². The number of benzene rings is 2. The molecule has 2 heterocycles. The molecule has 8 nitrogen and oxygen atoms in total. The molecule has 0 aliphatic carbocycles. The molecule has 2 aromatic rings. The second kappa shape index (κ2) is 8.05. The van der Waals surface area contributed by atoms with E-state index >= 15 is 0 Å². The molecule has 0 unspecified atom stereocenters. The third-order valence-corrected chi connectivity index (χ3v) is 7.92. The molecule has 32 heavy (non-hydrogen) atoms. The van der Waals surface area contributed by atoms with Gasteiger partial charge >= 0.3 is 6.03 Å². The van der Waals surface area contributed by atoms with Crippen molar-refractivity contribution < 1.29 is 22.8 Å². The highest BCUT2D eigenvalue weighted by atomic mass is 32.2. The van der Waals surface area contributed by atoms with Crippen LogP contribution in [0.25, 0.3) is 0 Å². The van der Waals surface area contributed by atoms with Crippen LogP contribution in [0.3, 0.4) is 0 Å². The fourth-order valence-corrected chi connectivity index (χ4v) is 5.94. The van der Waals surface area contributed by atoms with E-state index in [0.29, 0.717) is 17.5 Å². The van der Waals surface area contributed by atoms with Crippen molar-refractivity contribution in [2.45, 2.75) is 31.8 Å². The molecule has 2 atom stereocenters. The molecule has 0 bridgehead atoms. The van der Waals surface area contributed by atoms with Crippen LogP contribution in [0.15, 0.2) is 48.5 Å². The van der Waals surface area contributed by atoms with E-state index in [0.717, 1.165) is 16.0 Å². The van der Waals surface area contributed by atoms with Crippen molar-refractivity contribution in [1.29, 1.82) is 0 Å². The predicted octanol–water partition coefficient (Wildman–Crippen LogP) is 1.40. The van der Waals surface area contributed by atoms with Crippen LogP contribution in [0.1, 0.15) is 28.7 Å². The first-order chi connectivity index (χ1) is 15.1. The van der Waals surface area contributed by atoms with Crippen molar-refractivity contribution >= 4 is 27.7 Å². The fourth-order valence-electron chi connectivity index (χ4n) is 4.27. The van der Waals surface area contributed by atoms with Crippen LogP contribution in [0, 0.1) is 13.8 Å². The molecule has 2 aliphatic rings. The standard InChI is InChI=1S/C23H25N3O5S/c1-15-8-9-18(12-16(15)2)23(17-6-4-3-5-7-17)21(28)26(22(29)25-23)13-20(27)24-19-10-11-32(30,31)14-19/h3-9,12,19H,10-11,13-14H2,1-2H3,(H,24,27)(H,25,29)/t19-,23-/m0/s1. The van der Waals surface area contributed by atoms with Gasteiger partial charge in [0.05, 0.1) is 11.5 Å². The molecule has 9 heteroatoms. The third-order valence-electron chi connectivity index (χ3n) is 6.15. The lowest BCUT2D eigenvalue weighted by Gasteiger charge is -2.28. The van der Waals surface area contributed by atoms with E-state index in [4.69, 9.17) is 0 Å². The summed E-state index contributed by atoms with van der Waals surface area (Å²) in [5, 5.41) is 5.45. The minimum atomic E-state index is -3.16. The number of hydrogen-bond acceptors (Lipinski definition) is 5. The number of rotatable bonds is 5. The molecule has 2 aromatic carbocycles. The molecule has 2 aliphatic heterocycles. The van der Waals surface area contributed by atoms with Gasteiger partial charge in [0.15, 0.2) is 15.4 Å². The molecule has 168 valence electrons. The molecule has 0 saturated carbocycles. The first kappa shape index (κ1) is 22.0. The van der Waals surface area contributed by atoms with E-state index in [1.807, 2.05) is 32.0 Å². The Morgan fingerprint density at radius 1 is 1.09 bits per heavy atom. The molecule has 4 rings (SSSR count). The normalized spacial score (nSPS) is 24.4. The maximum absolute atomic E-state index is 13.7. The zero-order valence-electron chi connectivity index (χ0n) is 17.9. The molecule has 2 N–H and O–H groups in total. The lowest BCUT2D eigenvalue weighted by Crippen LogP contribution is -2.47. The molecule has 2 fully saturated rings. The van der Waals surface area contributed by atoms with Crippen LogP contribution in [-0.4, -0.2) is 55.3 Å². The monoisotopic (exact) mass is 455 g/mol. The van der Waals surface area contributed by atoms with Crippen molar-refractivity contribution in [3.05, 3.63) is 70.8 Å². The number of hydrogen-bond donors (Lipinski definition) is 2. The Balaban J connectivity index is 1.65. The smallest absolute Gasteiger partial charge is 0.326 e. The Kier molecular flexibility index (Phi) is 5.54. The number of nitrogens with zero attached hydrogens (tertiary/aromatic N) is 1. The summed E-state index contributed by atoms with van der Waals surface area (Å²) in [6.07, 6.45) is 0.324. The quantitative estimate of drug-likeness (QED) is 0.662. The summed E-state index contributed by atoms with van der Waals surface area (Å²) in [5.74, 6) is -1.23. The van der Waals surface area contributed by atoms with Gasteiger partial charge in [0.2, 0.25) is 5.91 Å². The number of nitrogens with one attached hydrogen (secondary N) is 2. The van der Waals surface area contributed by atoms with E-state index < -0.39 is 45.8 Å². The maximum atomic E-state index is 13.7. The Hall–Kier alpha value is -3.20. The van der Waals surface area contributed by atoms with Crippen LogP contribution in [0.2, 0.25) is 0 Å². The average Bonchev–Trinajstić information content (AvgIpc) is 3.21. The van der Waals surface area contributed by atoms with E-state index in [-0.39, 0.29) is 11.5 Å². The van der Waals surface area contributed by atoms with Crippen LogP contribution in [0.4, 0.5) is 4.79 Å². The Morgan fingerprint density at radius 3 is 2.44 bits per heavy atom. The molecule has 0 spiro atoms. The average molecular weight is 456 g/mol. The number of sulfone groups is 1. The number of urea groups is 1. The van der Waals surface area contributed by atoms with Crippen LogP contribution < -0.4 is 10.6 Å². The lowest BCUT2D eigenvalue weighted by atomic mass is 9.81. The highest BCUT2D eigenvalue weighted by molar-refractivity contribution is 7.91. The first-order valence-electron chi connectivity index (χ1n) is 10.4. The van der Waals surface area contributed by atoms with Gasteiger partial charge in [-0.25, -0.2) is 13.2 Å². The predicted molar refractivity (Wildman–Crippen MR) is 119 cm³/mol. The largest absolute Gasteiger partial charge is 0.351 e. The van der Waals surface area contributed by atoms with E-state index in [2.05, 4.69) is 10.6 Å². The number of carbonyl (C=O) groups excluding carboxylic acids is 3. The zero-order valence-corrected chi connectivity index (χ0v) is 18.7. The summed E-state index contributed by atoms with van der Waals surface area (Å²) in [7, 11) is -3.16. The van der Waals surface area contributed by atoms with Gasteiger partial charge < -0.3 is 10.6 Å². The maximum Gasteiger partial charge on any atom is 0.326 e. The molecular formula is C23H25N3O5S. The minimum Gasteiger partial charge on any atom is -0.351 e. The Morgan fingerprint density at radius 2 is 1.81 bits per heavy atom. The summed E-state index contributed by atoms with van der Waals surface area (Å²) in [4.78, 5) is 40.0. The van der Waals surface area contributed by atoms with Crippen molar-refractivity contribution in [2.75, 3.05) is 18.1 Å². The zero-order chi connectivity index (χ0) is 23.1. The second-order valence-electron chi connectivity index (χ2n) is 8.40. The van der Waals surface area contributed by atoms with E-state index in [1.165, 1.54) is 0 Å². The summed E-state index contributed by atoms with van der Waals surface area (Å²) in [6, 6.07) is 13.3. The summed E-state index contributed by atoms with van der Waals surface area (Å²) in [5.41, 5.74) is 1.77. The minimum absolute atomic E-state index is 0.0188. The van der Waals surface area contributed by atoms with Gasteiger partial charge in [0.25, 0.3) is 5.91 Å². The molecule has 4 amide bonds. The summed E-state index contributed by atoms with van der Waals surface area (Å²) in [6.45, 7) is 3.41. The highest BCUT2D eigenvalue weighted by Gasteiger charge is 2.54. The number of imide groups is 1. The van der Waals surface area contributed by atoms with Gasteiger partial charge in [-0.05, 0) is 42.5 Å². The second-order valence-corrected chi connectivity index (χ2v) is 10.6. The van der Waals surface area contributed by atoms with Gasteiger partial charge in [-0.15, -0.1) is 0 Å². The number of carbonyl (C=O) groups is 3. The van der Waals surface area contributed by atoms with Crippen molar-refractivity contribution in [3.63, 3.8) is 0 Å². The summed E-state index contributed by atoms with van der Waals surface area (Å²) < 4.78 is 23.3. The van der Waals surface area contributed by atoms with Crippen molar-refractivity contribution in [2.24, 2.45) is 0 Å². The van der Waals surface area contributed by atoms with Crippen molar-refractivity contribution in [3.8, 4) is 0 Å². The topological polar surface area (TPSA) is 113 Å². The van der Waals surface area contributed by atoms with E-state index in [9.17, 15) is 22.8 Å².